The highest BCUT2D eigenvalue weighted by molar-refractivity contribution is 5.84. The van der Waals surface area contributed by atoms with Crippen LogP contribution in [-0.4, -0.2) is 64.0 Å². The number of imidazole rings is 1. The van der Waals surface area contributed by atoms with Crippen molar-refractivity contribution in [2.75, 3.05) is 18.0 Å². The number of hydrogen-bond donors (Lipinski definition) is 1. The molecule has 10 heteroatoms. The molecule has 4 heterocycles. The average Bonchev–Trinajstić information content (AvgIpc) is 3.28. The zero-order valence-electron chi connectivity index (χ0n) is 15.5. The topological polar surface area (TPSA) is 111 Å². The van der Waals surface area contributed by atoms with Crippen LogP contribution in [0.4, 0.5) is 5.82 Å². The van der Waals surface area contributed by atoms with E-state index in [0.717, 1.165) is 41.6 Å². The Balaban J connectivity index is 1.84. The van der Waals surface area contributed by atoms with Crippen molar-refractivity contribution in [1.29, 1.82) is 0 Å². The number of rotatable bonds is 3. The summed E-state index contributed by atoms with van der Waals surface area (Å²) in [5.41, 5.74) is 1.29. The molecule has 0 saturated carbocycles. The molecule has 1 saturated heterocycles. The summed E-state index contributed by atoms with van der Waals surface area (Å²) in [4.78, 5) is 16.2. The third-order valence-electron chi connectivity index (χ3n) is 4.60. The van der Waals surface area contributed by atoms with Crippen LogP contribution >= 0.6 is 0 Å². The molecule has 26 heavy (non-hydrogen) atoms. The van der Waals surface area contributed by atoms with Gasteiger partial charge in [0.2, 0.25) is 0 Å². The number of aliphatic hydroxyl groups excluding tert-OH is 1. The summed E-state index contributed by atoms with van der Waals surface area (Å²) < 4.78 is 3.57. The fourth-order valence-electron chi connectivity index (χ4n) is 3.07. The van der Waals surface area contributed by atoms with Crippen LogP contribution in [0, 0.1) is 0 Å². The van der Waals surface area contributed by atoms with E-state index < -0.39 is 0 Å². The number of nitrogens with zero attached hydrogens (tertiary/aromatic N) is 9. The van der Waals surface area contributed by atoms with Gasteiger partial charge in [0, 0.05) is 25.6 Å². The minimum absolute atomic E-state index is 0.206. The van der Waals surface area contributed by atoms with Gasteiger partial charge in [0.05, 0.1) is 19.0 Å². The van der Waals surface area contributed by atoms with Gasteiger partial charge in [-0.15, -0.1) is 5.10 Å². The number of hydrogen-bond acceptors (Lipinski definition) is 8. The summed E-state index contributed by atoms with van der Waals surface area (Å²) >= 11 is 0. The lowest BCUT2D eigenvalue weighted by atomic mass is 9.96. The molecule has 138 valence electrons. The summed E-state index contributed by atoms with van der Waals surface area (Å²) in [6.45, 7) is 8.06. The minimum Gasteiger partial charge on any atom is -0.391 e. The van der Waals surface area contributed by atoms with Crippen molar-refractivity contribution in [2.45, 2.75) is 45.3 Å². The first-order chi connectivity index (χ1) is 12.3. The number of anilines is 1. The largest absolute Gasteiger partial charge is 0.391 e. The molecule has 0 amide bonds. The highest BCUT2D eigenvalue weighted by atomic mass is 16.3. The molecule has 1 aliphatic rings. The molecule has 1 fully saturated rings. The van der Waals surface area contributed by atoms with E-state index in [0.29, 0.717) is 13.1 Å². The van der Waals surface area contributed by atoms with Crippen LogP contribution in [0.2, 0.25) is 0 Å². The van der Waals surface area contributed by atoms with Crippen molar-refractivity contribution in [3.8, 4) is 0 Å². The van der Waals surface area contributed by atoms with Crippen LogP contribution in [0.5, 0.6) is 0 Å². The molecule has 3 aromatic rings. The van der Waals surface area contributed by atoms with E-state index in [1.54, 1.807) is 18.1 Å². The van der Waals surface area contributed by atoms with Crippen LogP contribution in [0.25, 0.3) is 11.2 Å². The molecule has 1 aliphatic heterocycles. The quantitative estimate of drug-likeness (QED) is 0.711. The maximum Gasteiger partial charge on any atom is 0.170 e. The lowest BCUT2D eigenvalue weighted by Crippen LogP contribution is -2.25. The molecule has 0 aliphatic carbocycles. The van der Waals surface area contributed by atoms with Crippen molar-refractivity contribution in [3.63, 3.8) is 0 Å². The normalized spacial score (nSPS) is 18.2. The number of fused-ring (bicyclic) bond motifs is 1. The fourth-order valence-corrected chi connectivity index (χ4v) is 3.07. The summed E-state index contributed by atoms with van der Waals surface area (Å²) in [5, 5.41) is 21.5. The molecule has 3 aromatic heterocycles. The molecule has 0 radical (unpaired) electrons. The Morgan fingerprint density at radius 3 is 2.69 bits per heavy atom. The predicted molar refractivity (Wildman–Crippen MR) is 94.8 cm³/mol. The van der Waals surface area contributed by atoms with Crippen molar-refractivity contribution in [1.82, 2.24) is 39.7 Å². The Labute approximate surface area is 150 Å². The van der Waals surface area contributed by atoms with E-state index >= 15 is 0 Å². The number of tetrazole rings is 1. The SMILES string of the molecule is Cn1nnnc1Cn1cnc2c(N3CC[C@H](O)C3)nc(C(C)(C)C)nc21. The van der Waals surface area contributed by atoms with Crippen LogP contribution < -0.4 is 4.90 Å². The second-order valence-electron chi connectivity index (χ2n) is 7.77. The molecule has 10 nitrogen and oxygen atoms in total. The number of aromatic nitrogens is 8. The van der Waals surface area contributed by atoms with Gasteiger partial charge >= 0.3 is 0 Å². The standard InChI is InChI=1S/C16H23N9O/c1-16(2,3)15-18-13(24-6-5-10(26)7-24)12-14(19-15)25(9-17-12)8-11-20-21-22-23(11)4/h9-10,26H,5-8H2,1-4H3/t10-/m0/s1. The zero-order chi connectivity index (χ0) is 18.5. The summed E-state index contributed by atoms with van der Waals surface area (Å²) in [5.74, 6) is 2.25. The molecule has 0 bridgehead atoms. The fraction of sp³-hybridized carbons (Fsp3) is 0.625. The van der Waals surface area contributed by atoms with Gasteiger partial charge in [-0.2, -0.15) is 0 Å². The van der Waals surface area contributed by atoms with Crippen LogP contribution in [0.3, 0.4) is 0 Å². The van der Waals surface area contributed by atoms with Gasteiger partial charge in [0.1, 0.15) is 5.82 Å². The molecule has 0 unspecified atom stereocenters. The second kappa shape index (κ2) is 5.97. The first-order valence-electron chi connectivity index (χ1n) is 8.70. The van der Waals surface area contributed by atoms with Gasteiger partial charge in [0.15, 0.2) is 22.8 Å². The Hall–Kier alpha value is -2.62. The number of aliphatic hydroxyl groups is 1. The monoisotopic (exact) mass is 357 g/mol. The van der Waals surface area contributed by atoms with Crippen molar-refractivity contribution in [3.05, 3.63) is 18.0 Å². The molecule has 4 rings (SSSR count). The van der Waals surface area contributed by atoms with Gasteiger partial charge < -0.3 is 14.6 Å². The Morgan fingerprint density at radius 1 is 1.27 bits per heavy atom. The minimum atomic E-state index is -0.329. The van der Waals surface area contributed by atoms with E-state index in [1.165, 1.54) is 0 Å². The van der Waals surface area contributed by atoms with E-state index in [1.807, 2.05) is 4.57 Å². The second-order valence-corrected chi connectivity index (χ2v) is 7.77. The van der Waals surface area contributed by atoms with E-state index in [2.05, 4.69) is 46.2 Å². The lowest BCUT2D eigenvalue weighted by Gasteiger charge is -2.22. The highest BCUT2D eigenvalue weighted by Crippen LogP contribution is 2.29. The molecule has 0 aromatic carbocycles. The van der Waals surface area contributed by atoms with E-state index in [4.69, 9.17) is 9.97 Å². The zero-order valence-corrected chi connectivity index (χ0v) is 15.5. The summed E-state index contributed by atoms with van der Waals surface area (Å²) in [6.07, 6.45) is 2.16. The Bertz CT molecular complexity index is 939. The molecule has 0 spiro atoms. The first kappa shape index (κ1) is 16.8. The third kappa shape index (κ3) is 2.90. The van der Waals surface area contributed by atoms with Crippen molar-refractivity contribution >= 4 is 17.0 Å². The first-order valence-corrected chi connectivity index (χ1v) is 8.70. The third-order valence-corrected chi connectivity index (χ3v) is 4.60. The van der Waals surface area contributed by atoms with Crippen molar-refractivity contribution < 1.29 is 5.11 Å². The lowest BCUT2D eigenvalue weighted by molar-refractivity contribution is 0.198. The Kier molecular flexibility index (Phi) is 3.87. The van der Waals surface area contributed by atoms with E-state index in [9.17, 15) is 5.11 Å². The van der Waals surface area contributed by atoms with Crippen LogP contribution in [0.15, 0.2) is 6.33 Å². The number of aryl methyl sites for hydroxylation is 1. The smallest absolute Gasteiger partial charge is 0.170 e. The van der Waals surface area contributed by atoms with Gasteiger partial charge in [-0.25, -0.2) is 19.6 Å². The van der Waals surface area contributed by atoms with Crippen molar-refractivity contribution in [2.24, 2.45) is 7.05 Å². The summed E-state index contributed by atoms with van der Waals surface area (Å²) in [6, 6.07) is 0. The van der Waals surface area contributed by atoms with Crippen LogP contribution in [-0.2, 0) is 19.0 Å². The Morgan fingerprint density at radius 2 is 2.08 bits per heavy atom. The maximum absolute atomic E-state index is 9.93. The number of β-amino-alcohol motifs (C(OH)–C–C–N with tert-alkyl or cyclic N) is 1. The van der Waals surface area contributed by atoms with Gasteiger partial charge in [-0.05, 0) is 16.8 Å². The van der Waals surface area contributed by atoms with Crippen LogP contribution in [0.1, 0.15) is 38.8 Å². The average molecular weight is 357 g/mol. The van der Waals surface area contributed by atoms with Gasteiger partial charge in [0.25, 0.3) is 0 Å². The van der Waals surface area contributed by atoms with E-state index in [-0.39, 0.29) is 11.5 Å². The maximum atomic E-state index is 9.93. The molecule has 1 atom stereocenters. The summed E-state index contributed by atoms with van der Waals surface area (Å²) in [7, 11) is 1.81. The van der Waals surface area contributed by atoms with Gasteiger partial charge in [-0.3, -0.25) is 0 Å². The highest BCUT2D eigenvalue weighted by Gasteiger charge is 2.28. The van der Waals surface area contributed by atoms with Gasteiger partial charge in [-0.1, -0.05) is 20.8 Å². The predicted octanol–water partition coefficient (Wildman–Crippen LogP) is 0.267. The molecular formula is C16H23N9O. The molecular weight excluding hydrogens is 334 g/mol. The molecule has 1 N–H and O–H groups in total.